The number of thiazole rings is 2. The highest BCUT2D eigenvalue weighted by Crippen LogP contribution is 2.31. The molecule has 0 aliphatic heterocycles. The molecule has 31 heavy (non-hydrogen) atoms. The van der Waals surface area contributed by atoms with Crippen molar-refractivity contribution in [2.45, 2.75) is 39.5 Å². The summed E-state index contributed by atoms with van der Waals surface area (Å²) in [5.41, 5.74) is 7.49. The Morgan fingerprint density at radius 2 is 1.97 bits per heavy atom. The Bertz CT molecular complexity index is 1010. The zero-order chi connectivity index (χ0) is 22.2. The number of anilines is 2. The minimum absolute atomic E-state index is 0.0870. The number of benzene rings is 1. The molecule has 0 spiro atoms. The van der Waals surface area contributed by atoms with Gasteiger partial charge in [-0.1, -0.05) is 26.0 Å². The van der Waals surface area contributed by atoms with E-state index in [-0.39, 0.29) is 11.8 Å². The number of aromatic nitrogens is 2. The number of carbonyl (C=O) groups excluding carboxylic acids is 2. The summed E-state index contributed by atoms with van der Waals surface area (Å²) in [5.74, 6) is 0.167. The summed E-state index contributed by atoms with van der Waals surface area (Å²) in [6.07, 6.45) is 4.28. The summed E-state index contributed by atoms with van der Waals surface area (Å²) in [5, 5.41) is 9.27. The lowest BCUT2D eigenvalue weighted by Gasteiger charge is -2.08. The largest absolute Gasteiger partial charge is 0.397 e. The molecule has 0 saturated carbocycles. The summed E-state index contributed by atoms with van der Waals surface area (Å²) >= 11 is 3.05. The predicted octanol–water partition coefficient (Wildman–Crippen LogP) is 4.59. The summed E-state index contributed by atoms with van der Waals surface area (Å²) < 4.78 is 0. The molecular weight excluding hydrogens is 430 g/mol. The molecule has 0 aliphatic carbocycles. The van der Waals surface area contributed by atoms with E-state index in [1.165, 1.54) is 22.7 Å². The molecule has 0 fully saturated rings. The van der Waals surface area contributed by atoms with Gasteiger partial charge in [0.25, 0.3) is 5.91 Å². The predicted molar refractivity (Wildman–Crippen MR) is 127 cm³/mol. The number of nitrogen functional groups attached to an aromatic ring is 1. The number of nitrogens with one attached hydrogen (secondary N) is 2. The van der Waals surface area contributed by atoms with Crippen LogP contribution in [0.5, 0.6) is 0 Å². The van der Waals surface area contributed by atoms with Gasteiger partial charge in [-0.2, -0.15) is 0 Å². The molecule has 0 bridgehead atoms. The number of hydrogen-bond acceptors (Lipinski definition) is 7. The Balaban J connectivity index is 1.48. The Morgan fingerprint density at radius 3 is 2.68 bits per heavy atom. The Labute approximate surface area is 190 Å². The Hall–Kier alpha value is -2.78. The first-order valence-corrected chi connectivity index (χ1v) is 12.0. The van der Waals surface area contributed by atoms with E-state index in [2.05, 4.69) is 34.4 Å². The van der Waals surface area contributed by atoms with Gasteiger partial charge in [-0.25, -0.2) is 9.97 Å². The van der Waals surface area contributed by atoms with Gasteiger partial charge in [0, 0.05) is 29.4 Å². The smallest absolute Gasteiger partial charge is 0.271 e. The van der Waals surface area contributed by atoms with Gasteiger partial charge in [0.05, 0.1) is 11.4 Å². The van der Waals surface area contributed by atoms with Crippen molar-refractivity contribution in [3.8, 4) is 10.0 Å². The molecule has 2 heterocycles. The van der Waals surface area contributed by atoms with Crippen molar-refractivity contribution in [1.29, 1.82) is 0 Å². The topological polar surface area (TPSA) is 110 Å². The molecule has 1 aromatic carbocycles. The number of amides is 2. The van der Waals surface area contributed by atoms with Crippen molar-refractivity contribution in [2.24, 2.45) is 5.92 Å². The highest BCUT2D eigenvalue weighted by Gasteiger charge is 2.20. The number of hydrogen-bond donors (Lipinski definition) is 3. The van der Waals surface area contributed by atoms with Crippen LogP contribution in [0.1, 0.15) is 48.5 Å². The summed E-state index contributed by atoms with van der Waals surface area (Å²) in [4.78, 5) is 34.7. The van der Waals surface area contributed by atoms with E-state index in [1.54, 1.807) is 18.3 Å². The monoisotopic (exact) mass is 457 g/mol. The molecule has 2 aromatic heterocycles. The van der Waals surface area contributed by atoms with Crippen LogP contribution in [-0.2, 0) is 11.2 Å². The van der Waals surface area contributed by atoms with Gasteiger partial charge >= 0.3 is 0 Å². The van der Waals surface area contributed by atoms with Crippen molar-refractivity contribution in [3.63, 3.8) is 0 Å². The summed E-state index contributed by atoms with van der Waals surface area (Å²) in [6.45, 7) is 4.74. The molecule has 0 aliphatic rings. The molecule has 0 saturated heterocycles. The van der Waals surface area contributed by atoms with Gasteiger partial charge in [0.2, 0.25) is 5.91 Å². The van der Waals surface area contributed by atoms with E-state index in [9.17, 15) is 9.59 Å². The minimum Gasteiger partial charge on any atom is -0.397 e. The second-order valence-corrected chi connectivity index (χ2v) is 9.55. The lowest BCUT2D eigenvalue weighted by molar-refractivity contribution is -0.116. The van der Waals surface area contributed by atoms with Crippen LogP contribution in [0.25, 0.3) is 10.0 Å². The molecule has 7 nitrogen and oxygen atoms in total. The molecule has 3 aromatic rings. The average Bonchev–Trinajstić information content (AvgIpc) is 3.39. The first-order valence-electron chi connectivity index (χ1n) is 10.3. The average molecular weight is 458 g/mol. The molecule has 4 N–H and O–H groups in total. The number of para-hydroxylation sites is 2. The maximum absolute atomic E-state index is 12.7. The summed E-state index contributed by atoms with van der Waals surface area (Å²) in [7, 11) is 0. The molecule has 0 unspecified atom stereocenters. The molecule has 2 amide bonds. The van der Waals surface area contributed by atoms with Crippen molar-refractivity contribution >= 4 is 45.9 Å². The molecule has 9 heteroatoms. The number of nitrogens with zero attached hydrogens (tertiary/aromatic N) is 2. The van der Waals surface area contributed by atoms with E-state index in [0.29, 0.717) is 48.8 Å². The maximum Gasteiger partial charge on any atom is 0.271 e. The lowest BCUT2D eigenvalue weighted by atomic mass is 10.1. The third-order valence-corrected chi connectivity index (χ3v) is 6.47. The van der Waals surface area contributed by atoms with Crippen molar-refractivity contribution in [1.82, 2.24) is 15.3 Å². The third kappa shape index (κ3) is 6.60. The number of carbonyl (C=O) groups is 2. The normalized spacial score (nSPS) is 10.9. The van der Waals surface area contributed by atoms with E-state index in [0.717, 1.165) is 21.3 Å². The van der Waals surface area contributed by atoms with Crippen LogP contribution in [0.4, 0.5) is 11.4 Å². The fraction of sp³-hybridized carbons (Fsp3) is 0.364. The van der Waals surface area contributed by atoms with Crippen LogP contribution >= 0.6 is 22.7 Å². The van der Waals surface area contributed by atoms with Gasteiger partial charge in [0.1, 0.15) is 5.69 Å². The van der Waals surface area contributed by atoms with Crippen LogP contribution in [-0.4, -0.2) is 28.3 Å². The number of rotatable bonds is 10. The fourth-order valence-corrected chi connectivity index (χ4v) is 4.93. The first-order chi connectivity index (χ1) is 14.9. The van der Waals surface area contributed by atoms with Gasteiger partial charge < -0.3 is 16.4 Å². The zero-order valence-corrected chi connectivity index (χ0v) is 19.3. The number of nitrogens with two attached hydrogens (primary N) is 1. The van der Waals surface area contributed by atoms with E-state index in [4.69, 9.17) is 5.73 Å². The maximum atomic E-state index is 12.7. The van der Waals surface area contributed by atoms with Crippen LogP contribution in [0.2, 0.25) is 0 Å². The van der Waals surface area contributed by atoms with Crippen molar-refractivity contribution in [2.75, 3.05) is 17.6 Å². The third-order valence-electron chi connectivity index (χ3n) is 4.47. The quantitative estimate of drug-likeness (QED) is 0.305. The van der Waals surface area contributed by atoms with Crippen molar-refractivity contribution < 1.29 is 9.59 Å². The second-order valence-electron chi connectivity index (χ2n) is 7.57. The number of unbranched alkanes of at least 4 members (excludes halogenated alkanes) is 1. The molecule has 0 atom stereocenters. The highest BCUT2D eigenvalue weighted by atomic mass is 32.1. The lowest BCUT2D eigenvalue weighted by Crippen LogP contribution is -2.26. The highest BCUT2D eigenvalue weighted by molar-refractivity contribution is 7.20. The van der Waals surface area contributed by atoms with Crippen LogP contribution in [0.3, 0.4) is 0 Å². The van der Waals surface area contributed by atoms with Crippen molar-refractivity contribution in [3.05, 3.63) is 46.4 Å². The van der Waals surface area contributed by atoms with Gasteiger partial charge in [-0.05, 0) is 37.3 Å². The Kier molecular flexibility index (Phi) is 8.13. The fourth-order valence-electron chi connectivity index (χ4n) is 2.98. The summed E-state index contributed by atoms with van der Waals surface area (Å²) in [6, 6.07) is 7.17. The van der Waals surface area contributed by atoms with E-state index >= 15 is 0 Å². The second kappa shape index (κ2) is 11.0. The first kappa shape index (κ1) is 22.9. The molecule has 3 rings (SSSR count). The zero-order valence-electron chi connectivity index (χ0n) is 17.7. The van der Waals surface area contributed by atoms with Crippen LogP contribution in [0, 0.1) is 5.92 Å². The Morgan fingerprint density at radius 1 is 1.16 bits per heavy atom. The standard InChI is InChI=1S/C22H27N5O2S2/c1-14(2)13-17-19(27-22(31-17)21-25-11-12-30-21)20(29)24-10-6-5-9-18(28)26-16-8-4-3-7-15(16)23/h3-4,7-8,11-12,14H,5-6,9-10,13,23H2,1-2H3,(H,24,29)(H,26,28). The van der Waals surface area contributed by atoms with Crippen LogP contribution < -0.4 is 16.4 Å². The molecule has 164 valence electrons. The van der Waals surface area contributed by atoms with Gasteiger partial charge in [-0.3, -0.25) is 9.59 Å². The minimum atomic E-state index is -0.170. The van der Waals surface area contributed by atoms with E-state index in [1.807, 2.05) is 17.5 Å². The van der Waals surface area contributed by atoms with Gasteiger partial charge in [-0.15, -0.1) is 22.7 Å². The van der Waals surface area contributed by atoms with Gasteiger partial charge in [0.15, 0.2) is 10.0 Å². The SMILES string of the molecule is CC(C)Cc1sc(-c2nccs2)nc1C(=O)NCCCCC(=O)Nc1ccccc1N. The molecule has 0 radical (unpaired) electrons. The van der Waals surface area contributed by atoms with Crippen LogP contribution in [0.15, 0.2) is 35.8 Å². The van der Waals surface area contributed by atoms with E-state index < -0.39 is 0 Å². The molecular formula is C22H27N5O2S2.